The van der Waals surface area contributed by atoms with Gasteiger partial charge in [0.05, 0.1) is 0 Å². The summed E-state index contributed by atoms with van der Waals surface area (Å²) in [5.74, 6) is 10.5. The highest BCUT2D eigenvalue weighted by atomic mass is 16.2. The minimum Gasteiger partial charge on any atom is -0.303 e. The molecule has 1 heterocycles. The van der Waals surface area contributed by atoms with E-state index in [1.165, 1.54) is 77.4 Å². The topological polar surface area (TPSA) is 87.6 Å². The number of piperidine rings is 1. The third kappa shape index (κ3) is 9.23. The number of nitrogens with zero attached hydrogens (tertiary/aromatic N) is 2. The first-order valence-corrected chi connectivity index (χ1v) is 8.99. The quantitative estimate of drug-likeness (QED) is 0.236. The molecular formula is C16H35N5O. The number of hydrogen-bond donors (Lipinski definition) is 3. The molecular weight excluding hydrogens is 278 g/mol. The van der Waals surface area contributed by atoms with Gasteiger partial charge in [0.25, 0.3) is 0 Å². The first-order valence-electron chi connectivity index (χ1n) is 8.99. The van der Waals surface area contributed by atoms with Gasteiger partial charge in [-0.1, -0.05) is 44.9 Å². The summed E-state index contributed by atoms with van der Waals surface area (Å²) in [4.78, 5) is 13.7. The SMILES string of the molecule is NNC(=O)N(N)CCCCCCCCCCN1CCCCC1. The van der Waals surface area contributed by atoms with Crippen molar-refractivity contribution in [3.8, 4) is 0 Å². The molecule has 0 saturated carbocycles. The number of rotatable bonds is 11. The van der Waals surface area contributed by atoms with Gasteiger partial charge < -0.3 is 4.90 Å². The molecule has 0 aromatic carbocycles. The van der Waals surface area contributed by atoms with Gasteiger partial charge in [-0.2, -0.15) is 0 Å². The number of carbonyl (C=O) groups is 1. The fourth-order valence-corrected chi connectivity index (χ4v) is 3.05. The number of nitrogens with two attached hydrogens (primary N) is 2. The van der Waals surface area contributed by atoms with Crippen LogP contribution in [-0.2, 0) is 0 Å². The molecule has 1 aliphatic heterocycles. The number of hydrogen-bond acceptors (Lipinski definition) is 4. The zero-order valence-corrected chi connectivity index (χ0v) is 14.1. The van der Waals surface area contributed by atoms with Gasteiger partial charge in [-0.3, -0.25) is 10.4 Å². The number of urea groups is 1. The Morgan fingerprint density at radius 2 is 1.45 bits per heavy atom. The van der Waals surface area contributed by atoms with Gasteiger partial charge in [-0.05, 0) is 45.3 Å². The van der Waals surface area contributed by atoms with Crippen molar-refractivity contribution in [3.05, 3.63) is 0 Å². The van der Waals surface area contributed by atoms with Gasteiger partial charge in [0, 0.05) is 6.54 Å². The van der Waals surface area contributed by atoms with Crippen molar-refractivity contribution in [2.24, 2.45) is 11.7 Å². The summed E-state index contributed by atoms with van der Waals surface area (Å²) >= 11 is 0. The Labute approximate surface area is 135 Å². The summed E-state index contributed by atoms with van der Waals surface area (Å²) < 4.78 is 0. The molecule has 1 rings (SSSR count). The van der Waals surface area contributed by atoms with Gasteiger partial charge in [0.1, 0.15) is 0 Å². The van der Waals surface area contributed by atoms with E-state index < -0.39 is 6.03 Å². The monoisotopic (exact) mass is 313 g/mol. The second kappa shape index (κ2) is 12.7. The molecule has 2 amide bonds. The number of unbranched alkanes of at least 4 members (excludes halogenated alkanes) is 7. The van der Waals surface area contributed by atoms with Crippen LogP contribution in [0.5, 0.6) is 0 Å². The molecule has 0 aromatic heterocycles. The molecule has 0 spiro atoms. The van der Waals surface area contributed by atoms with Gasteiger partial charge in [0.15, 0.2) is 0 Å². The van der Waals surface area contributed by atoms with Crippen molar-refractivity contribution >= 4 is 6.03 Å². The molecule has 1 aliphatic rings. The summed E-state index contributed by atoms with van der Waals surface area (Å²) in [5.41, 5.74) is 2.03. The standard InChI is InChI=1S/C16H35N5O/c17-19-16(22)21(18)15-11-6-4-2-1-3-5-8-12-20-13-9-7-10-14-20/h1-15,17-18H2,(H,19,22). The number of carbonyl (C=O) groups excluding carboxylic acids is 1. The van der Waals surface area contributed by atoms with Crippen LogP contribution >= 0.6 is 0 Å². The zero-order valence-electron chi connectivity index (χ0n) is 14.1. The van der Waals surface area contributed by atoms with E-state index in [0.717, 1.165) is 17.9 Å². The van der Waals surface area contributed by atoms with Gasteiger partial charge in [0.2, 0.25) is 0 Å². The molecule has 0 aliphatic carbocycles. The molecule has 22 heavy (non-hydrogen) atoms. The van der Waals surface area contributed by atoms with Crippen LogP contribution in [0.25, 0.3) is 0 Å². The maximum absolute atomic E-state index is 11.1. The third-order valence-electron chi connectivity index (χ3n) is 4.46. The van der Waals surface area contributed by atoms with Crippen molar-refractivity contribution < 1.29 is 4.79 Å². The first kappa shape index (κ1) is 19.2. The maximum atomic E-state index is 11.1. The predicted molar refractivity (Wildman–Crippen MR) is 90.8 cm³/mol. The van der Waals surface area contributed by atoms with Crippen LogP contribution in [0.15, 0.2) is 0 Å². The van der Waals surface area contributed by atoms with E-state index in [9.17, 15) is 4.79 Å². The van der Waals surface area contributed by atoms with Crippen LogP contribution in [0.1, 0.15) is 70.6 Å². The molecule has 6 heteroatoms. The molecule has 0 aromatic rings. The van der Waals surface area contributed by atoms with Crippen LogP contribution in [0.4, 0.5) is 4.79 Å². The molecule has 5 N–H and O–H groups in total. The van der Waals surface area contributed by atoms with Crippen molar-refractivity contribution in [1.82, 2.24) is 15.3 Å². The maximum Gasteiger partial charge on any atom is 0.345 e. The fourth-order valence-electron chi connectivity index (χ4n) is 3.05. The molecule has 6 nitrogen and oxygen atoms in total. The normalized spacial score (nSPS) is 15.7. The van der Waals surface area contributed by atoms with Gasteiger partial charge in [-0.15, -0.1) is 0 Å². The second-order valence-corrected chi connectivity index (χ2v) is 6.37. The molecule has 130 valence electrons. The minimum absolute atomic E-state index is 0.422. The van der Waals surface area contributed by atoms with Crippen molar-refractivity contribution in [2.45, 2.75) is 70.6 Å². The van der Waals surface area contributed by atoms with Crippen molar-refractivity contribution in [2.75, 3.05) is 26.2 Å². The lowest BCUT2D eigenvalue weighted by Gasteiger charge is -2.26. The minimum atomic E-state index is -0.422. The average molecular weight is 313 g/mol. The summed E-state index contributed by atoms with van der Waals surface area (Å²) in [5, 5.41) is 1.14. The van der Waals surface area contributed by atoms with Crippen LogP contribution in [0.3, 0.4) is 0 Å². The van der Waals surface area contributed by atoms with E-state index in [1.807, 2.05) is 5.43 Å². The summed E-state index contributed by atoms with van der Waals surface area (Å²) in [6, 6.07) is -0.422. The van der Waals surface area contributed by atoms with E-state index in [0.29, 0.717) is 6.54 Å². The van der Waals surface area contributed by atoms with E-state index in [2.05, 4.69) is 4.90 Å². The lowest BCUT2D eigenvalue weighted by molar-refractivity contribution is 0.198. The van der Waals surface area contributed by atoms with Gasteiger partial charge in [-0.25, -0.2) is 16.5 Å². The molecule has 0 atom stereocenters. The van der Waals surface area contributed by atoms with Crippen LogP contribution in [-0.4, -0.2) is 42.1 Å². The Bertz CT molecular complexity index is 282. The highest BCUT2D eigenvalue weighted by Gasteiger charge is 2.08. The first-order chi connectivity index (χ1) is 10.7. The number of amides is 2. The Balaban J connectivity index is 1.79. The van der Waals surface area contributed by atoms with Crippen molar-refractivity contribution in [1.29, 1.82) is 0 Å². The molecule has 1 fully saturated rings. The summed E-state index contributed by atoms with van der Waals surface area (Å²) in [6.07, 6.45) is 14.2. The Hall–Kier alpha value is -0.850. The van der Waals surface area contributed by atoms with E-state index in [1.54, 1.807) is 0 Å². The predicted octanol–water partition coefficient (Wildman–Crippen LogP) is 2.35. The number of nitrogens with one attached hydrogen (secondary N) is 1. The largest absolute Gasteiger partial charge is 0.345 e. The van der Waals surface area contributed by atoms with Crippen LogP contribution in [0, 0.1) is 0 Å². The number of likely N-dealkylation sites (tertiary alicyclic amines) is 1. The molecule has 0 bridgehead atoms. The third-order valence-corrected chi connectivity index (χ3v) is 4.46. The molecule has 0 unspecified atom stereocenters. The Kier molecular flexibility index (Phi) is 11.1. The fraction of sp³-hybridized carbons (Fsp3) is 0.938. The molecule has 1 saturated heterocycles. The smallest absolute Gasteiger partial charge is 0.303 e. The van der Waals surface area contributed by atoms with Crippen LogP contribution < -0.4 is 17.1 Å². The lowest BCUT2D eigenvalue weighted by atomic mass is 10.1. The summed E-state index contributed by atoms with van der Waals surface area (Å²) in [6.45, 7) is 4.51. The second-order valence-electron chi connectivity index (χ2n) is 6.37. The van der Waals surface area contributed by atoms with E-state index in [4.69, 9.17) is 11.7 Å². The van der Waals surface area contributed by atoms with Crippen molar-refractivity contribution in [3.63, 3.8) is 0 Å². The van der Waals surface area contributed by atoms with Crippen LogP contribution in [0.2, 0.25) is 0 Å². The Morgan fingerprint density at radius 3 is 2.05 bits per heavy atom. The number of hydrazine groups is 2. The van der Waals surface area contributed by atoms with Gasteiger partial charge >= 0.3 is 6.03 Å². The Morgan fingerprint density at radius 1 is 0.909 bits per heavy atom. The van der Waals surface area contributed by atoms with E-state index >= 15 is 0 Å². The summed E-state index contributed by atoms with van der Waals surface area (Å²) in [7, 11) is 0. The van der Waals surface area contributed by atoms with E-state index in [-0.39, 0.29) is 0 Å². The molecule has 0 radical (unpaired) electrons. The highest BCUT2D eigenvalue weighted by molar-refractivity contribution is 5.72. The highest BCUT2D eigenvalue weighted by Crippen LogP contribution is 2.12. The zero-order chi connectivity index (χ0) is 16.0. The lowest BCUT2D eigenvalue weighted by Crippen LogP contribution is -2.47. The average Bonchev–Trinajstić information content (AvgIpc) is 2.56.